The van der Waals surface area contributed by atoms with Crippen LogP contribution in [0.2, 0.25) is 5.02 Å². The molecule has 0 aliphatic heterocycles. The van der Waals surface area contributed by atoms with E-state index >= 15 is 0 Å². The lowest BCUT2D eigenvalue weighted by Gasteiger charge is -2.27. The summed E-state index contributed by atoms with van der Waals surface area (Å²) >= 11 is 6.12. The number of anilines is 3. The first kappa shape index (κ1) is 18.9. The monoisotopic (exact) mass is 369 g/mol. The van der Waals surface area contributed by atoms with Gasteiger partial charge in [-0.1, -0.05) is 11.6 Å². The largest absolute Gasteiger partial charge is 0.477 e. The zero-order chi connectivity index (χ0) is 18.7. The third-order valence-corrected chi connectivity index (χ3v) is 3.78. The number of hydrogen-bond donors (Lipinski definition) is 2. The van der Waals surface area contributed by atoms with Gasteiger partial charge < -0.3 is 15.3 Å². The number of aromatic carboxylic acids is 1. The third-order valence-electron chi connectivity index (χ3n) is 3.56. The summed E-state index contributed by atoms with van der Waals surface area (Å²) in [6.45, 7) is 6.70. The Hall–Kier alpha value is -2.41. The van der Waals surface area contributed by atoms with Gasteiger partial charge >= 0.3 is 5.97 Å². The number of halogens is 3. The van der Waals surface area contributed by atoms with E-state index in [4.69, 9.17) is 16.7 Å². The Balaban J connectivity index is 2.38. The lowest BCUT2D eigenvalue weighted by molar-refractivity contribution is 0.0686. The Kier molecular flexibility index (Phi) is 5.79. The van der Waals surface area contributed by atoms with Crippen molar-refractivity contribution in [2.24, 2.45) is 0 Å². The molecular weight excluding hydrogens is 352 g/mol. The van der Waals surface area contributed by atoms with Crippen LogP contribution in [0.5, 0.6) is 0 Å². The first-order valence-corrected chi connectivity index (χ1v) is 8.04. The summed E-state index contributed by atoms with van der Waals surface area (Å²) in [5, 5.41) is 12.0. The third kappa shape index (κ3) is 4.36. The number of aromatic nitrogens is 1. The van der Waals surface area contributed by atoms with Crippen LogP contribution in [0.15, 0.2) is 24.3 Å². The number of carbonyl (C=O) groups is 1. The van der Waals surface area contributed by atoms with Crippen LogP contribution in [0.1, 0.15) is 31.1 Å². The van der Waals surface area contributed by atoms with E-state index in [1.54, 1.807) is 6.07 Å². The number of carboxylic acid groups (broad SMARTS) is 1. The molecule has 0 bridgehead atoms. The Morgan fingerprint density at radius 2 is 1.88 bits per heavy atom. The number of rotatable bonds is 6. The van der Waals surface area contributed by atoms with Gasteiger partial charge in [0.25, 0.3) is 0 Å². The van der Waals surface area contributed by atoms with Crippen molar-refractivity contribution < 1.29 is 18.7 Å². The van der Waals surface area contributed by atoms with Crippen molar-refractivity contribution in [3.8, 4) is 0 Å². The summed E-state index contributed by atoms with van der Waals surface area (Å²) in [5.74, 6) is -3.09. The van der Waals surface area contributed by atoms with Gasteiger partial charge in [0.05, 0.1) is 0 Å². The lowest BCUT2D eigenvalue weighted by Crippen LogP contribution is -2.31. The number of nitrogens with one attached hydrogen (secondary N) is 1. The van der Waals surface area contributed by atoms with Crippen molar-refractivity contribution in [1.29, 1.82) is 0 Å². The Morgan fingerprint density at radius 1 is 1.28 bits per heavy atom. The van der Waals surface area contributed by atoms with Gasteiger partial charge in [-0.15, -0.1) is 0 Å². The highest BCUT2D eigenvalue weighted by molar-refractivity contribution is 6.31. The van der Waals surface area contributed by atoms with Gasteiger partial charge in [0.1, 0.15) is 28.8 Å². The van der Waals surface area contributed by atoms with Gasteiger partial charge in [-0.05, 0) is 45.0 Å². The highest BCUT2D eigenvalue weighted by Gasteiger charge is 2.18. The molecule has 2 N–H and O–H groups in total. The Labute approximate surface area is 149 Å². The molecule has 5 nitrogen and oxygen atoms in total. The van der Waals surface area contributed by atoms with E-state index in [-0.39, 0.29) is 11.7 Å². The second-order valence-corrected chi connectivity index (χ2v) is 6.09. The number of nitrogens with zero attached hydrogens (tertiary/aromatic N) is 2. The van der Waals surface area contributed by atoms with Crippen LogP contribution in [0, 0.1) is 11.6 Å². The maximum absolute atomic E-state index is 13.8. The molecule has 0 fully saturated rings. The average molecular weight is 370 g/mol. The van der Waals surface area contributed by atoms with E-state index < -0.39 is 23.2 Å². The number of carboxylic acids is 1. The summed E-state index contributed by atoms with van der Waals surface area (Å²) in [4.78, 5) is 17.3. The van der Waals surface area contributed by atoms with Crippen LogP contribution in [0.4, 0.5) is 26.1 Å². The second-order valence-electron chi connectivity index (χ2n) is 5.65. The van der Waals surface area contributed by atoms with E-state index in [2.05, 4.69) is 10.3 Å². The van der Waals surface area contributed by atoms with Crippen LogP contribution in [0.3, 0.4) is 0 Å². The molecule has 0 spiro atoms. The summed E-state index contributed by atoms with van der Waals surface area (Å²) in [6.07, 6.45) is 0. The summed E-state index contributed by atoms with van der Waals surface area (Å²) in [6, 6.07) is 5.20. The second kappa shape index (κ2) is 7.65. The number of hydrogen-bond acceptors (Lipinski definition) is 4. The maximum atomic E-state index is 13.8. The Bertz CT molecular complexity index is 776. The van der Waals surface area contributed by atoms with E-state index in [1.807, 2.05) is 25.7 Å². The number of pyridine rings is 1. The van der Waals surface area contributed by atoms with Crippen molar-refractivity contribution in [2.75, 3.05) is 16.8 Å². The Morgan fingerprint density at radius 3 is 2.36 bits per heavy atom. The van der Waals surface area contributed by atoms with Gasteiger partial charge in [-0.3, -0.25) is 0 Å². The van der Waals surface area contributed by atoms with Crippen molar-refractivity contribution in [2.45, 2.75) is 26.8 Å². The van der Waals surface area contributed by atoms with E-state index in [9.17, 15) is 13.6 Å². The quantitative estimate of drug-likeness (QED) is 0.773. The smallest absolute Gasteiger partial charge is 0.341 e. The van der Waals surface area contributed by atoms with Crippen molar-refractivity contribution in [1.82, 2.24) is 4.98 Å². The first-order valence-electron chi connectivity index (χ1n) is 7.66. The number of benzene rings is 1. The van der Waals surface area contributed by atoms with Crippen molar-refractivity contribution >= 4 is 34.9 Å². The molecule has 0 saturated carbocycles. The van der Waals surface area contributed by atoms with Gasteiger partial charge in [-0.25, -0.2) is 18.6 Å². The molecule has 0 aliphatic carbocycles. The minimum absolute atomic E-state index is 0.0355. The van der Waals surface area contributed by atoms with Crippen LogP contribution in [0.25, 0.3) is 0 Å². The predicted octanol–water partition coefficient (Wildman–Crippen LogP) is 4.69. The highest BCUT2D eigenvalue weighted by atomic mass is 35.5. The van der Waals surface area contributed by atoms with Gasteiger partial charge in [-0.2, -0.15) is 0 Å². The molecule has 0 amide bonds. The van der Waals surface area contributed by atoms with E-state index in [0.717, 1.165) is 12.1 Å². The van der Waals surface area contributed by atoms with Crippen LogP contribution < -0.4 is 10.2 Å². The van der Waals surface area contributed by atoms with E-state index in [0.29, 0.717) is 23.2 Å². The topological polar surface area (TPSA) is 65.5 Å². The molecule has 0 unspecified atom stereocenters. The van der Waals surface area contributed by atoms with Gasteiger partial charge in [0, 0.05) is 23.3 Å². The fourth-order valence-corrected chi connectivity index (χ4v) is 2.68. The van der Waals surface area contributed by atoms with Crippen LogP contribution in [-0.4, -0.2) is 28.6 Å². The molecular formula is C17H18ClF2N3O2. The van der Waals surface area contributed by atoms with Gasteiger partial charge in [0.15, 0.2) is 0 Å². The zero-order valence-electron chi connectivity index (χ0n) is 14.0. The predicted molar refractivity (Wildman–Crippen MR) is 94.0 cm³/mol. The standard InChI is InChI=1S/C17H18ClF2N3O2/c1-4-23(9(2)3)15-6-10(18)5-14(22-15)21-11-7-12(19)16(17(24)25)13(20)8-11/h5-9H,4H2,1-3H3,(H,21,22)(H,24,25). The normalized spacial score (nSPS) is 10.8. The summed E-state index contributed by atoms with van der Waals surface area (Å²) < 4.78 is 27.6. The maximum Gasteiger partial charge on any atom is 0.341 e. The molecule has 1 heterocycles. The minimum Gasteiger partial charge on any atom is -0.477 e. The summed E-state index contributed by atoms with van der Waals surface area (Å²) in [5.41, 5.74) is -0.962. The van der Waals surface area contributed by atoms with Crippen molar-refractivity contribution in [3.05, 3.63) is 46.5 Å². The highest BCUT2D eigenvalue weighted by Crippen LogP contribution is 2.26. The molecule has 0 saturated heterocycles. The molecule has 8 heteroatoms. The van der Waals surface area contributed by atoms with Gasteiger partial charge in [0.2, 0.25) is 0 Å². The molecule has 134 valence electrons. The molecule has 2 rings (SSSR count). The van der Waals surface area contributed by atoms with Crippen LogP contribution >= 0.6 is 11.6 Å². The van der Waals surface area contributed by atoms with Crippen LogP contribution in [-0.2, 0) is 0 Å². The fraction of sp³-hybridized carbons (Fsp3) is 0.294. The fourth-order valence-electron chi connectivity index (χ4n) is 2.48. The zero-order valence-corrected chi connectivity index (χ0v) is 14.7. The molecule has 0 atom stereocenters. The average Bonchev–Trinajstić information content (AvgIpc) is 2.45. The molecule has 25 heavy (non-hydrogen) atoms. The first-order chi connectivity index (χ1) is 11.7. The molecule has 2 aromatic rings. The van der Waals surface area contributed by atoms with E-state index in [1.165, 1.54) is 6.07 Å². The summed E-state index contributed by atoms with van der Waals surface area (Å²) in [7, 11) is 0. The molecule has 0 aliphatic rings. The minimum atomic E-state index is -1.67. The lowest BCUT2D eigenvalue weighted by atomic mass is 10.1. The SMILES string of the molecule is CCN(c1cc(Cl)cc(Nc2cc(F)c(C(=O)O)c(F)c2)n1)C(C)C. The molecule has 1 aromatic carbocycles. The molecule has 0 radical (unpaired) electrons. The van der Waals surface area contributed by atoms with Crippen molar-refractivity contribution in [3.63, 3.8) is 0 Å². The molecule has 1 aromatic heterocycles.